The average molecular weight is 277 g/mol. The molecule has 1 rings (SSSR count). The molecule has 0 saturated heterocycles. The molecule has 0 radical (unpaired) electrons. The first kappa shape index (κ1) is 16.0. The number of carboxylic acids is 1. The molecule has 0 spiro atoms. The Morgan fingerprint density at radius 2 is 2.10 bits per heavy atom. The molecule has 1 saturated carbocycles. The highest BCUT2D eigenvalue weighted by molar-refractivity contribution is 5.81. The van der Waals surface area contributed by atoms with Gasteiger partial charge in [0.2, 0.25) is 0 Å². The Balaban J connectivity index is 3.05. The normalized spacial score (nSPS) is 20.0. The number of carbonyl (C=O) groups is 2. The summed E-state index contributed by atoms with van der Waals surface area (Å²) in [5.41, 5.74) is -1.12. The fraction of sp³-hybridized carbons (Fsp3) is 0.533. The third kappa shape index (κ3) is 3.47. The maximum atomic E-state index is 11.3. The second-order valence-electron chi connectivity index (χ2n) is 5.14. The van der Waals surface area contributed by atoms with Crippen molar-refractivity contribution in [1.29, 1.82) is 5.26 Å². The van der Waals surface area contributed by atoms with Crippen molar-refractivity contribution in [3.05, 3.63) is 23.8 Å². The quantitative estimate of drug-likeness (QED) is 0.458. The lowest BCUT2D eigenvalue weighted by Gasteiger charge is -2.30. The number of aliphatic carboxylic acids is 1. The Morgan fingerprint density at radius 3 is 2.45 bits per heavy atom. The van der Waals surface area contributed by atoms with Crippen LogP contribution in [-0.4, -0.2) is 22.6 Å². The molecule has 1 fully saturated rings. The minimum atomic E-state index is -1.03. The number of hydrogen-bond donors (Lipinski definition) is 1. The van der Waals surface area contributed by atoms with Crippen LogP contribution in [0.2, 0.25) is 0 Å². The zero-order valence-corrected chi connectivity index (χ0v) is 12.0. The van der Waals surface area contributed by atoms with Crippen molar-refractivity contribution < 1.29 is 19.4 Å². The molecular weight excluding hydrogens is 258 g/mol. The van der Waals surface area contributed by atoms with Crippen LogP contribution >= 0.6 is 0 Å². The SMILES string of the molecule is CCC(=C/C(=O)O)/C=C/[C@](C)(OC(C)=O)C1(C#N)CC1. The molecule has 1 N–H and O–H groups in total. The molecule has 0 aromatic heterocycles. The second kappa shape index (κ2) is 5.91. The summed E-state index contributed by atoms with van der Waals surface area (Å²) < 4.78 is 5.33. The standard InChI is InChI=1S/C15H19NO4/c1-4-12(9-13(18)19)5-6-14(3,20-11(2)17)15(10-16)7-8-15/h5-6,9H,4,7-8H2,1-3H3,(H,18,19)/b6-5+,12-9-/t14-/m0/s1. The van der Waals surface area contributed by atoms with Gasteiger partial charge in [0.05, 0.1) is 6.07 Å². The fourth-order valence-electron chi connectivity index (χ4n) is 2.13. The Morgan fingerprint density at radius 1 is 1.50 bits per heavy atom. The largest absolute Gasteiger partial charge is 0.478 e. The molecule has 0 aliphatic heterocycles. The predicted octanol–water partition coefficient (Wildman–Crippen LogP) is 2.59. The van der Waals surface area contributed by atoms with Crippen LogP contribution in [0.5, 0.6) is 0 Å². The molecule has 0 aromatic carbocycles. The summed E-state index contributed by atoms with van der Waals surface area (Å²) in [6.45, 7) is 4.82. The molecule has 1 atom stereocenters. The molecule has 5 heteroatoms. The summed E-state index contributed by atoms with van der Waals surface area (Å²) in [6.07, 6.45) is 6.23. The van der Waals surface area contributed by atoms with E-state index in [1.807, 2.05) is 6.92 Å². The van der Waals surface area contributed by atoms with Crippen LogP contribution in [0, 0.1) is 16.7 Å². The van der Waals surface area contributed by atoms with E-state index in [1.54, 1.807) is 19.1 Å². The van der Waals surface area contributed by atoms with Crippen molar-refractivity contribution in [2.45, 2.75) is 45.6 Å². The van der Waals surface area contributed by atoms with E-state index < -0.39 is 23.0 Å². The summed E-state index contributed by atoms with van der Waals surface area (Å²) in [5.74, 6) is -1.49. The van der Waals surface area contributed by atoms with Crippen molar-refractivity contribution in [3.63, 3.8) is 0 Å². The highest BCUT2D eigenvalue weighted by Gasteiger charge is 2.59. The molecule has 0 unspecified atom stereocenters. The van der Waals surface area contributed by atoms with Gasteiger partial charge in [0, 0.05) is 13.0 Å². The van der Waals surface area contributed by atoms with Gasteiger partial charge in [-0.25, -0.2) is 4.79 Å². The smallest absolute Gasteiger partial charge is 0.328 e. The summed E-state index contributed by atoms with van der Waals surface area (Å²) >= 11 is 0. The second-order valence-corrected chi connectivity index (χ2v) is 5.14. The number of nitriles is 1. The van der Waals surface area contributed by atoms with Crippen LogP contribution in [0.1, 0.15) is 40.0 Å². The van der Waals surface area contributed by atoms with E-state index in [1.165, 1.54) is 6.92 Å². The van der Waals surface area contributed by atoms with Gasteiger partial charge in [-0.15, -0.1) is 0 Å². The van der Waals surface area contributed by atoms with Gasteiger partial charge >= 0.3 is 11.9 Å². The van der Waals surface area contributed by atoms with Gasteiger partial charge in [-0.3, -0.25) is 4.79 Å². The lowest BCUT2D eigenvalue weighted by Crippen LogP contribution is -2.38. The molecule has 0 aromatic rings. The molecule has 0 bridgehead atoms. The zero-order valence-electron chi connectivity index (χ0n) is 12.0. The lowest BCUT2D eigenvalue weighted by molar-refractivity contribution is -0.154. The highest BCUT2D eigenvalue weighted by atomic mass is 16.6. The van der Waals surface area contributed by atoms with E-state index >= 15 is 0 Å². The Kier molecular flexibility index (Phi) is 4.72. The average Bonchev–Trinajstić information content (AvgIpc) is 3.14. The zero-order chi connectivity index (χ0) is 15.4. The minimum absolute atomic E-state index is 0.459. The van der Waals surface area contributed by atoms with E-state index in [0.29, 0.717) is 24.8 Å². The first-order chi connectivity index (χ1) is 9.28. The van der Waals surface area contributed by atoms with E-state index in [-0.39, 0.29) is 0 Å². The number of ether oxygens (including phenoxy) is 1. The van der Waals surface area contributed by atoms with Crippen LogP contribution in [0.3, 0.4) is 0 Å². The van der Waals surface area contributed by atoms with Gasteiger partial charge < -0.3 is 9.84 Å². The predicted molar refractivity (Wildman–Crippen MR) is 72.6 cm³/mol. The van der Waals surface area contributed by atoms with Crippen LogP contribution in [0.4, 0.5) is 0 Å². The van der Waals surface area contributed by atoms with Crippen LogP contribution in [-0.2, 0) is 14.3 Å². The number of esters is 1. The minimum Gasteiger partial charge on any atom is -0.478 e. The number of carboxylic acid groups (broad SMARTS) is 1. The van der Waals surface area contributed by atoms with E-state index in [4.69, 9.17) is 9.84 Å². The monoisotopic (exact) mass is 277 g/mol. The molecule has 1 aliphatic carbocycles. The molecule has 5 nitrogen and oxygen atoms in total. The summed E-state index contributed by atoms with van der Waals surface area (Å²) in [6, 6.07) is 2.22. The van der Waals surface area contributed by atoms with E-state index in [2.05, 4.69) is 6.07 Å². The molecule has 108 valence electrons. The molecule has 1 aliphatic rings. The van der Waals surface area contributed by atoms with Gasteiger partial charge in [0.15, 0.2) is 0 Å². The van der Waals surface area contributed by atoms with E-state index in [0.717, 1.165) is 6.08 Å². The number of carbonyl (C=O) groups excluding carboxylic acids is 1. The topological polar surface area (TPSA) is 87.4 Å². The molecule has 20 heavy (non-hydrogen) atoms. The third-order valence-corrected chi connectivity index (χ3v) is 3.60. The summed E-state index contributed by atoms with van der Waals surface area (Å²) in [7, 11) is 0. The first-order valence-electron chi connectivity index (χ1n) is 6.52. The maximum absolute atomic E-state index is 11.3. The Labute approximate surface area is 118 Å². The van der Waals surface area contributed by atoms with E-state index in [9.17, 15) is 14.9 Å². The number of rotatable bonds is 6. The van der Waals surface area contributed by atoms with Crippen LogP contribution < -0.4 is 0 Å². The number of hydrogen-bond acceptors (Lipinski definition) is 4. The van der Waals surface area contributed by atoms with Crippen molar-refractivity contribution in [1.82, 2.24) is 0 Å². The maximum Gasteiger partial charge on any atom is 0.328 e. The van der Waals surface area contributed by atoms with Gasteiger partial charge in [-0.2, -0.15) is 5.26 Å². The summed E-state index contributed by atoms with van der Waals surface area (Å²) in [4.78, 5) is 22.0. The summed E-state index contributed by atoms with van der Waals surface area (Å²) in [5, 5.41) is 18.0. The number of nitrogens with zero attached hydrogens (tertiary/aromatic N) is 1. The van der Waals surface area contributed by atoms with Crippen molar-refractivity contribution in [2.75, 3.05) is 0 Å². The Bertz CT molecular complexity index is 508. The van der Waals surface area contributed by atoms with Gasteiger partial charge in [0.1, 0.15) is 11.0 Å². The van der Waals surface area contributed by atoms with Crippen LogP contribution in [0.25, 0.3) is 0 Å². The van der Waals surface area contributed by atoms with Gasteiger partial charge in [-0.1, -0.05) is 13.0 Å². The van der Waals surface area contributed by atoms with Crippen molar-refractivity contribution in [3.8, 4) is 6.07 Å². The molecule has 0 heterocycles. The van der Waals surface area contributed by atoms with Gasteiger partial charge in [0.25, 0.3) is 0 Å². The third-order valence-electron chi connectivity index (χ3n) is 3.60. The van der Waals surface area contributed by atoms with Gasteiger partial charge in [-0.05, 0) is 37.8 Å². The fourth-order valence-corrected chi connectivity index (χ4v) is 2.13. The van der Waals surface area contributed by atoms with Crippen LogP contribution in [0.15, 0.2) is 23.8 Å². The van der Waals surface area contributed by atoms with Crippen molar-refractivity contribution >= 4 is 11.9 Å². The molecular formula is C15H19NO4. The van der Waals surface area contributed by atoms with Crippen molar-refractivity contribution in [2.24, 2.45) is 5.41 Å². The highest BCUT2D eigenvalue weighted by Crippen LogP contribution is 2.55. The number of allylic oxidation sites excluding steroid dienone is 2. The molecule has 0 amide bonds. The first-order valence-corrected chi connectivity index (χ1v) is 6.52. The Hall–Kier alpha value is -2.09. The lowest BCUT2D eigenvalue weighted by atomic mass is 9.85.